The molecule has 0 saturated carbocycles. The van der Waals surface area contributed by atoms with Crippen LogP contribution in [0.25, 0.3) is 0 Å². The Morgan fingerprint density at radius 2 is 2.11 bits per heavy atom. The summed E-state index contributed by atoms with van der Waals surface area (Å²) in [6.07, 6.45) is 3.73. The average molecular weight is 248 g/mol. The molecule has 0 aliphatic carbocycles. The van der Waals surface area contributed by atoms with Gasteiger partial charge in [0.1, 0.15) is 11.6 Å². The Bertz CT molecular complexity index is 575. The molecule has 18 heavy (non-hydrogen) atoms. The van der Waals surface area contributed by atoms with Crippen LogP contribution in [-0.4, -0.2) is 34.1 Å². The summed E-state index contributed by atoms with van der Waals surface area (Å²) >= 11 is 0. The van der Waals surface area contributed by atoms with E-state index in [1.807, 2.05) is 6.92 Å². The molecular weight excluding hydrogens is 232 g/mol. The van der Waals surface area contributed by atoms with E-state index < -0.39 is 11.2 Å². The molecule has 1 fully saturated rings. The van der Waals surface area contributed by atoms with Gasteiger partial charge in [-0.1, -0.05) is 0 Å². The zero-order valence-corrected chi connectivity index (χ0v) is 10.3. The lowest BCUT2D eigenvalue weighted by Crippen LogP contribution is -2.36. The summed E-state index contributed by atoms with van der Waals surface area (Å²) in [5.41, 5.74) is -1.10. The Kier molecular flexibility index (Phi) is 3.63. The minimum absolute atomic E-state index is 0.0251. The highest BCUT2D eigenvalue weighted by Crippen LogP contribution is 2.12. The van der Waals surface area contributed by atoms with Crippen LogP contribution in [-0.2, 0) is 0 Å². The third-order valence-electron chi connectivity index (χ3n) is 3.28. The van der Waals surface area contributed by atoms with E-state index in [9.17, 15) is 9.59 Å². The normalized spacial score (nSPS) is 17.6. The van der Waals surface area contributed by atoms with Gasteiger partial charge in [0.25, 0.3) is 5.56 Å². The van der Waals surface area contributed by atoms with Crippen LogP contribution < -0.4 is 11.2 Å². The van der Waals surface area contributed by atoms with Crippen LogP contribution in [0.1, 0.15) is 31.4 Å². The zero-order chi connectivity index (χ0) is 13.1. The van der Waals surface area contributed by atoms with Crippen LogP contribution in [0.15, 0.2) is 15.8 Å². The Labute approximate surface area is 104 Å². The maximum Gasteiger partial charge on any atom is 0.328 e. The van der Waals surface area contributed by atoms with Gasteiger partial charge >= 0.3 is 5.69 Å². The van der Waals surface area contributed by atoms with Gasteiger partial charge in [0.15, 0.2) is 0 Å². The summed E-state index contributed by atoms with van der Waals surface area (Å²) in [6.45, 7) is 4.77. The second-order valence-electron chi connectivity index (χ2n) is 4.68. The Hall–Kier alpha value is -1.87. The smallest absolute Gasteiger partial charge is 0.301 e. The fraction of sp³-hybridized carbons (Fsp3) is 0.583. The third-order valence-corrected chi connectivity index (χ3v) is 3.28. The number of nitrogens with zero attached hydrogens (tertiary/aromatic N) is 3. The van der Waals surface area contributed by atoms with E-state index in [1.54, 1.807) is 6.07 Å². The molecule has 1 aliphatic heterocycles. The molecule has 6 nitrogen and oxygen atoms in total. The molecule has 1 saturated heterocycles. The van der Waals surface area contributed by atoms with Crippen molar-refractivity contribution >= 4 is 0 Å². The Balaban J connectivity index is 2.24. The topological polar surface area (TPSA) is 81.9 Å². The van der Waals surface area contributed by atoms with Gasteiger partial charge in [-0.05, 0) is 32.9 Å². The molecule has 0 aromatic carbocycles. The second kappa shape index (κ2) is 5.19. The van der Waals surface area contributed by atoms with Gasteiger partial charge in [-0.3, -0.25) is 14.3 Å². The minimum atomic E-state index is -0.618. The number of rotatable bonds is 3. The molecular formula is C12H16N4O2. The highest BCUT2D eigenvalue weighted by Gasteiger charge is 2.17. The fourth-order valence-corrected chi connectivity index (χ4v) is 2.32. The van der Waals surface area contributed by atoms with Gasteiger partial charge in [-0.25, -0.2) is 4.79 Å². The summed E-state index contributed by atoms with van der Waals surface area (Å²) < 4.78 is 1.43. The lowest BCUT2D eigenvalue weighted by Gasteiger charge is -2.21. The van der Waals surface area contributed by atoms with E-state index in [0.29, 0.717) is 0 Å². The predicted octanol–water partition coefficient (Wildman–Crippen LogP) is 0.0651. The number of hydrogen-bond donors (Lipinski definition) is 1. The first-order valence-electron chi connectivity index (χ1n) is 6.09. The molecule has 96 valence electrons. The average Bonchev–Trinajstić information content (AvgIpc) is 2.81. The Morgan fingerprint density at radius 1 is 1.44 bits per heavy atom. The van der Waals surface area contributed by atoms with E-state index in [-0.39, 0.29) is 11.6 Å². The van der Waals surface area contributed by atoms with E-state index in [2.05, 4.69) is 9.88 Å². The molecule has 0 spiro atoms. The molecule has 1 N–H and O–H groups in total. The summed E-state index contributed by atoms with van der Waals surface area (Å²) in [6, 6.07) is 1.74. The predicted molar refractivity (Wildman–Crippen MR) is 66.4 cm³/mol. The molecule has 2 heterocycles. The zero-order valence-electron chi connectivity index (χ0n) is 10.3. The highest BCUT2D eigenvalue weighted by atomic mass is 16.2. The van der Waals surface area contributed by atoms with Crippen LogP contribution in [0.4, 0.5) is 0 Å². The third kappa shape index (κ3) is 2.51. The van der Waals surface area contributed by atoms with Crippen LogP contribution in [0.5, 0.6) is 0 Å². The molecule has 1 unspecified atom stereocenters. The number of nitriles is 1. The molecule has 0 amide bonds. The maximum absolute atomic E-state index is 11.7. The van der Waals surface area contributed by atoms with Crippen molar-refractivity contribution in [2.24, 2.45) is 0 Å². The van der Waals surface area contributed by atoms with Crippen molar-refractivity contribution < 1.29 is 0 Å². The molecule has 1 aliphatic rings. The van der Waals surface area contributed by atoms with Crippen molar-refractivity contribution in [3.05, 3.63) is 32.6 Å². The van der Waals surface area contributed by atoms with Gasteiger partial charge in [0, 0.05) is 18.8 Å². The number of hydrogen-bond acceptors (Lipinski definition) is 4. The van der Waals surface area contributed by atoms with Gasteiger partial charge in [-0.2, -0.15) is 5.26 Å². The Morgan fingerprint density at radius 3 is 2.72 bits per heavy atom. The van der Waals surface area contributed by atoms with Gasteiger partial charge in [0.05, 0.1) is 0 Å². The van der Waals surface area contributed by atoms with Crippen LogP contribution >= 0.6 is 0 Å². The fourth-order valence-electron chi connectivity index (χ4n) is 2.32. The molecule has 6 heteroatoms. The van der Waals surface area contributed by atoms with Crippen molar-refractivity contribution in [2.75, 3.05) is 19.6 Å². The summed E-state index contributed by atoms with van der Waals surface area (Å²) in [5.74, 6) is 0. The summed E-state index contributed by atoms with van der Waals surface area (Å²) in [7, 11) is 0. The molecule has 0 bridgehead atoms. The van der Waals surface area contributed by atoms with E-state index in [1.165, 1.54) is 23.6 Å². The van der Waals surface area contributed by atoms with Crippen molar-refractivity contribution in [2.45, 2.75) is 25.8 Å². The van der Waals surface area contributed by atoms with Crippen molar-refractivity contribution in [3.63, 3.8) is 0 Å². The number of H-pyrrole nitrogens is 1. The van der Waals surface area contributed by atoms with Crippen molar-refractivity contribution in [1.29, 1.82) is 5.26 Å². The second-order valence-corrected chi connectivity index (χ2v) is 4.68. The molecule has 1 aromatic heterocycles. The first-order chi connectivity index (χ1) is 8.61. The number of aromatic amines is 1. The van der Waals surface area contributed by atoms with Crippen molar-refractivity contribution in [1.82, 2.24) is 14.5 Å². The first kappa shape index (κ1) is 12.6. The van der Waals surface area contributed by atoms with Gasteiger partial charge in [-0.15, -0.1) is 0 Å². The lowest BCUT2D eigenvalue weighted by molar-refractivity contribution is 0.283. The maximum atomic E-state index is 11.7. The van der Waals surface area contributed by atoms with Gasteiger partial charge < -0.3 is 4.90 Å². The molecule has 2 rings (SSSR count). The van der Waals surface area contributed by atoms with Crippen LogP contribution in [0, 0.1) is 11.3 Å². The number of likely N-dealkylation sites (tertiary alicyclic amines) is 1. The molecule has 1 aromatic rings. The van der Waals surface area contributed by atoms with E-state index in [0.717, 1.165) is 19.6 Å². The first-order valence-corrected chi connectivity index (χ1v) is 6.09. The lowest BCUT2D eigenvalue weighted by atomic mass is 10.3. The van der Waals surface area contributed by atoms with Gasteiger partial charge in [0.2, 0.25) is 0 Å². The quantitative estimate of drug-likeness (QED) is 0.820. The van der Waals surface area contributed by atoms with E-state index in [4.69, 9.17) is 5.26 Å². The summed E-state index contributed by atoms with van der Waals surface area (Å²) in [4.78, 5) is 27.5. The highest BCUT2D eigenvalue weighted by molar-refractivity contribution is 5.21. The van der Waals surface area contributed by atoms with E-state index >= 15 is 0 Å². The van der Waals surface area contributed by atoms with Crippen LogP contribution in [0.2, 0.25) is 0 Å². The summed E-state index contributed by atoms with van der Waals surface area (Å²) in [5, 5.41) is 8.80. The van der Waals surface area contributed by atoms with Crippen LogP contribution in [0.3, 0.4) is 0 Å². The van der Waals surface area contributed by atoms with Crippen molar-refractivity contribution in [3.8, 4) is 6.07 Å². The number of nitrogens with one attached hydrogen (secondary N) is 1. The molecule has 0 radical (unpaired) electrons. The minimum Gasteiger partial charge on any atom is -0.301 e. The largest absolute Gasteiger partial charge is 0.328 e. The number of aromatic nitrogens is 2. The molecule has 1 atom stereocenters. The monoisotopic (exact) mass is 248 g/mol. The standard InChI is InChI=1S/C12H16N4O2/c1-9(7-15-4-2-3-5-15)16-8-10(6-13)11(17)14-12(16)18/h8-9H,2-5,7H2,1H3,(H,14,17,18). The SMILES string of the molecule is CC(CN1CCCC1)n1cc(C#N)c(=O)[nH]c1=O.